The van der Waals surface area contributed by atoms with Gasteiger partial charge in [0.05, 0.1) is 17.7 Å². The Morgan fingerprint density at radius 2 is 1.90 bits per heavy atom. The Hall–Kier alpha value is -2.31. The van der Waals surface area contributed by atoms with Gasteiger partial charge >= 0.3 is 6.18 Å². The zero-order chi connectivity index (χ0) is 15.8. The number of amides is 1. The topological polar surface area (TPSA) is 49.4 Å². The molecule has 4 nitrogen and oxygen atoms in total. The van der Waals surface area contributed by atoms with Crippen molar-refractivity contribution in [1.29, 1.82) is 0 Å². The van der Waals surface area contributed by atoms with Crippen LogP contribution in [0, 0.1) is 0 Å². The first-order valence-corrected chi connectivity index (χ1v) is 6.11. The van der Waals surface area contributed by atoms with Gasteiger partial charge in [-0.15, -0.1) is 0 Å². The maximum Gasteiger partial charge on any atom is 0.416 e. The molecule has 1 N–H and O–H groups in total. The zero-order valence-corrected chi connectivity index (χ0v) is 11.4. The average Bonchev–Trinajstić information content (AvgIpc) is 2.45. The van der Waals surface area contributed by atoms with Crippen LogP contribution in [0.25, 0.3) is 0 Å². The van der Waals surface area contributed by atoms with Crippen molar-refractivity contribution >= 4 is 17.4 Å². The molecule has 0 saturated heterocycles. The van der Waals surface area contributed by atoms with Gasteiger partial charge < -0.3 is 10.2 Å². The highest BCUT2D eigenvalue weighted by Crippen LogP contribution is 2.34. The molecule has 0 atom stereocenters. The molecule has 0 bridgehead atoms. The summed E-state index contributed by atoms with van der Waals surface area (Å²) in [6, 6.07) is 2.71. The normalized spacial score (nSPS) is 17.3. The van der Waals surface area contributed by atoms with Gasteiger partial charge in [0.2, 0.25) is 5.91 Å². The van der Waals surface area contributed by atoms with Crippen molar-refractivity contribution in [1.82, 2.24) is 4.90 Å². The minimum absolute atomic E-state index is 0.0574. The molecular weight excluding hydrogens is 285 g/mol. The number of Topliss-reactive ketones (excluding diaryl/α,β-unsaturated/α-hetero) is 1. The fourth-order valence-electron chi connectivity index (χ4n) is 2.06. The summed E-state index contributed by atoms with van der Waals surface area (Å²) in [4.78, 5) is 25.7. The van der Waals surface area contributed by atoms with E-state index in [4.69, 9.17) is 0 Å². The lowest BCUT2D eigenvalue weighted by Crippen LogP contribution is -2.12. The van der Waals surface area contributed by atoms with Gasteiger partial charge in [-0.3, -0.25) is 9.59 Å². The molecule has 0 aliphatic carbocycles. The molecule has 0 fully saturated rings. The molecule has 21 heavy (non-hydrogen) atoms. The predicted octanol–water partition coefficient (Wildman–Crippen LogP) is 2.68. The zero-order valence-electron chi connectivity index (χ0n) is 11.4. The van der Waals surface area contributed by atoms with Gasteiger partial charge in [-0.25, -0.2) is 0 Å². The van der Waals surface area contributed by atoms with E-state index >= 15 is 0 Å². The molecule has 1 aromatic carbocycles. The van der Waals surface area contributed by atoms with Crippen LogP contribution in [-0.2, 0) is 11.0 Å². The maximum absolute atomic E-state index is 12.7. The van der Waals surface area contributed by atoms with Gasteiger partial charge in [0, 0.05) is 31.4 Å². The fraction of sp³-hybridized carbons (Fsp3) is 0.286. The number of rotatable bonds is 1. The van der Waals surface area contributed by atoms with Crippen LogP contribution in [0.2, 0.25) is 0 Å². The number of nitrogens with one attached hydrogen (secondary N) is 1. The molecule has 0 unspecified atom stereocenters. The van der Waals surface area contributed by atoms with Crippen LogP contribution in [0.15, 0.2) is 30.0 Å². The van der Waals surface area contributed by atoms with Gasteiger partial charge in [0.25, 0.3) is 0 Å². The minimum atomic E-state index is -4.53. The molecule has 112 valence electrons. The Morgan fingerprint density at radius 3 is 2.48 bits per heavy atom. The second kappa shape index (κ2) is 5.23. The number of alkyl halides is 3. The number of hydrogen-bond donors (Lipinski definition) is 1. The van der Waals surface area contributed by atoms with Crippen LogP contribution in [-0.4, -0.2) is 30.7 Å². The van der Waals surface area contributed by atoms with Crippen LogP contribution in [0.1, 0.15) is 22.3 Å². The van der Waals surface area contributed by atoms with E-state index in [2.05, 4.69) is 5.32 Å². The van der Waals surface area contributed by atoms with Crippen LogP contribution in [0.5, 0.6) is 0 Å². The number of nitrogens with zero attached hydrogens (tertiary/aromatic N) is 1. The number of ketones is 1. The van der Waals surface area contributed by atoms with E-state index < -0.39 is 23.4 Å². The van der Waals surface area contributed by atoms with Crippen LogP contribution in [0.3, 0.4) is 0 Å². The second-order valence-corrected chi connectivity index (χ2v) is 4.93. The second-order valence-electron chi connectivity index (χ2n) is 4.93. The van der Waals surface area contributed by atoms with Gasteiger partial charge in [0.1, 0.15) is 0 Å². The minimum Gasteiger partial charge on any atom is -0.383 e. The molecule has 0 aromatic heterocycles. The molecule has 2 rings (SSSR count). The van der Waals surface area contributed by atoms with E-state index in [-0.39, 0.29) is 23.2 Å². The van der Waals surface area contributed by atoms with Crippen molar-refractivity contribution in [3.8, 4) is 0 Å². The van der Waals surface area contributed by atoms with Crippen molar-refractivity contribution in [2.24, 2.45) is 0 Å². The molecule has 0 spiro atoms. The van der Waals surface area contributed by atoms with Gasteiger partial charge in [-0.2, -0.15) is 13.2 Å². The monoisotopic (exact) mass is 298 g/mol. The van der Waals surface area contributed by atoms with E-state index in [0.717, 1.165) is 18.2 Å². The Labute approximate surface area is 119 Å². The molecule has 1 amide bonds. The molecule has 0 saturated carbocycles. The number of carbonyl (C=O) groups excluding carboxylic acids is 2. The Bertz CT molecular complexity index is 634. The number of halogens is 3. The summed E-state index contributed by atoms with van der Waals surface area (Å²) < 4.78 is 38.1. The van der Waals surface area contributed by atoms with Gasteiger partial charge in [0.15, 0.2) is 5.78 Å². The third-order valence-corrected chi connectivity index (χ3v) is 2.92. The van der Waals surface area contributed by atoms with E-state index in [1.54, 1.807) is 19.0 Å². The molecule has 7 heteroatoms. The van der Waals surface area contributed by atoms with Crippen molar-refractivity contribution in [3.63, 3.8) is 0 Å². The van der Waals surface area contributed by atoms with Crippen LogP contribution >= 0.6 is 0 Å². The number of benzene rings is 1. The summed E-state index contributed by atoms with van der Waals surface area (Å²) in [5.41, 5.74) is -0.727. The largest absolute Gasteiger partial charge is 0.416 e. The third-order valence-electron chi connectivity index (χ3n) is 2.92. The molecular formula is C14H13F3N2O2. The summed E-state index contributed by atoms with van der Waals surface area (Å²) in [5.74, 6) is -0.972. The van der Waals surface area contributed by atoms with Crippen molar-refractivity contribution in [2.45, 2.75) is 12.6 Å². The van der Waals surface area contributed by atoms with E-state index in [1.807, 2.05) is 0 Å². The molecule has 0 radical (unpaired) electrons. The van der Waals surface area contributed by atoms with Crippen molar-refractivity contribution in [2.75, 3.05) is 19.4 Å². The van der Waals surface area contributed by atoms with E-state index in [0.29, 0.717) is 0 Å². The lowest BCUT2D eigenvalue weighted by Gasteiger charge is -2.11. The fourth-order valence-corrected chi connectivity index (χ4v) is 2.06. The molecule has 1 aromatic rings. The van der Waals surface area contributed by atoms with Crippen LogP contribution in [0.4, 0.5) is 18.9 Å². The number of carbonyl (C=O) groups is 2. The Kier molecular flexibility index (Phi) is 3.76. The highest BCUT2D eigenvalue weighted by molar-refractivity contribution is 6.18. The lowest BCUT2D eigenvalue weighted by molar-refractivity contribution is -0.137. The van der Waals surface area contributed by atoms with Gasteiger partial charge in [-0.05, 0) is 18.2 Å². The summed E-state index contributed by atoms with van der Waals surface area (Å²) in [7, 11) is 3.38. The number of fused-ring (bicyclic) bond motifs is 1. The third kappa shape index (κ3) is 3.24. The summed E-state index contributed by atoms with van der Waals surface area (Å²) in [6.45, 7) is 0. The number of anilines is 1. The predicted molar refractivity (Wildman–Crippen MR) is 70.8 cm³/mol. The van der Waals surface area contributed by atoms with E-state index in [1.165, 1.54) is 6.20 Å². The Balaban J connectivity index is 2.53. The highest BCUT2D eigenvalue weighted by Gasteiger charge is 2.33. The van der Waals surface area contributed by atoms with Crippen LogP contribution < -0.4 is 5.32 Å². The smallest absolute Gasteiger partial charge is 0.383 e. The average molecular weight is 298 g/mol. The van der Waals surface area contributed by atoms with E-state index in [9.17, 15) is 22.8 Å². The lowest BCUT2D eigenvalue weighted by atomic mass is 10.00. The highest BCUT2D eigenvalue weighted by atomic mass is 19.4. The Morgan fingerprint density at radius 1 is 1.24 bits per heavy atom. The molecule has 1 aliphatic heterocycles. The van der Waals surface area contributed by atoms with Crippen molar-refractivity contribution < 1.29 is 22.8 Å². The quantitative estimate of drug-likeness (QED) is 0.811. The first-order chi connectivity index (χ1) is 9.68. The first kappa shape index (κ1) is 15.1. The summed E-state index contributed by atoms with van der Waals surface area (Å²) >= 11 is 0. The number of hydrogen-bond acceptors (Lipinski definition) is 3. The SMILES string of the molecule is CN(C)/C=C1/CC(=O)Nc2cc(C(F)(F)F)ccc2C1=O. The first-order valence-electron chi connectivity index (χ1n) is 6.11. The molecule has 1 heterocycles. The summed E-state index contributed by atoms with van der Waals surface area (Å²) in [5, 5.41) is 2.35. The maximum atomic E-state index is 12.7. The van der Waals surface area contributed by atoms with Crippen molar-refractivity contribution in [3.05, 3.63) is 41.1 Å². The summed E-state index contributed by atoms with van der Waals surface area (Å²) in [6.07, 6.45) is -3.21. The standard InChI is InChI=1S/C14H13F3N2O2/c1-19(2)7-8-5-12(20)18-11-6-9(14(15,16)17)3-4-10(11)13(8)21/h3-4,6-7H,5H2,1-2H3,(H,18,20)/b8-7-. The van der Waals surface area contributed by atoms with Gasteiger partial charge in [-0.1, -0.05) is 0 Å². The molecule has 1 aliphatic rings.